The maximum atomic E-state index is 5.75. The predicted molar refractivity (Wildman–Crippen MR) is 82.3 cm³/mol. The molecule has 6 heteroatoms. The lowest BCUT2D eigenvalue weighted by Gasteiger charge is -2.11. The molecule has 2 heterocycles. The van der Waals surface area contributed by atoms with Crippen molar-refractivity contribution in [2.24, 2.45) is 0 Å². The first-order valence-corrected chi connectivity index (χ1v) is 7.00. The average Bonchev–Trinajstić information content (AvgIpc) is 2.89. The molecule has 0 saturated carbocycles. The first-order valence-electron chi connectivity index (χ1n) is 6.12. The molecule has 0 bridgehead atoms. The Morgan fingerprint density at radius 3 is 2.95 bits per heavy atom. The van der Waals surface area contributed by atoms with Gasteiger partial charge in [0.05, 0.1) is 12.0 Å². The van der Waals surface area contributed by atoms with Gasteiger partial charge in [0.2, 0.25) is 5.95 Å². The van der Waals surface area contributed by atoms with E-state index in [2.05, 4.69) is 15.3 Å². The van der Waals surface area contributed by atoms with Crippen LogP contribution in [0.1, 0.15) is 5.56 Å². The SMILES string of the molecule is COCc1ccccc1Nc1nc(N)nc2sccc12. The lowest BCUT2D eigenvalue weighted by atomic mass is 10.2. The van der Waals surface area contributed by atoms with Gasteiger partial charge in [0.1, 0.15) is 10.6 Å². The second-order valence-electron chi connectivity index (χ2n) is 4.29. The molecule has 0 saturated heterocycles. The molecule has 0 atom stereocenters. The molecule has 3 aromatic rings. The number of hydrogen-bond donors (Lipinski definition) is 2. The van der Waals surface area contributed by atoms with Crippen molar-refractivity contribution in [3.63, 3.8) is 0 Å². The number of para-hydroxylation sites is 1. The van der Waals surface area contributed by atoms with E-state index in [4.69, 9.17) is 10.5 Å². The molecule has 3 N–H and O–H groups in total. The number of aromatic nitrogens is 2. The van der Waals surface area contributed by atoms with Crippen LogP contribution in [0.3, 0.4) is 0 Å². The highest BCUT2D eigenvalue weighted by molar-refractivity contribution is 7.16. The maximum Gasteiger partial charge on any atom is 0.223 e. The van der Waals surface area contributed by atoms with Crippen LogP contribution in [0.5, 0.6) is 0 Å². The first-order chi connectivity index (χ1) is 9.78. The van der Waals surface area contributed by atoms with E-state index < -0.39 is 0 Å². The summed E-state index contributed by atoms with van der Waals surface area (Å²) < 4.78 is 5.21. The Morgan fingerprint density at radius 1 is 1.25 bits per heavy atom. The minimum absolute atomic E-state index is 0.270. The minimum atomic E-state index is 0.270. The molecule has 102 valence electrons. The van der Waals surface area contributed by atoms with Crippen molar-refractivity contribution in [1.82, 2.24) is 9.97 Å². The van der Waals surface area contributed by atoms with Gasteiger partial charge in [-0.25, -0.2) is 4.98 Å². The van der Waals surface area contributed by atoms with Crippen molar-refractivity contribution < 1.29 is 4.74 Å². The molecule has 0 spiro atoms. The molecule has 3 rings (SSSR count). The van der Waals surface area contributed by atoms with Crippen LogP contribution in [-0.2, 0) is 11.3 Å². The van der Waals surface area contributed by atoms with Gasteiger partial charge in [-0.2, -0.15) is 4.98 Å². The molecule has 0 fully saturated rings. The van der Waals surface area contributed by atoms with Crippen LogP contribution in [-0.4, -0.2) is 17.1 Å². The Labute approximate surface area is 120 Å². The van der Waals surface area contributed by atoms with Crippen LogP contribution in [0.25, 0.3) is 10.2 Å². The first kappa shape index (κ1) is 12.8. The number of benzene rings is 1. The fraction of sp³-hybridized carbons (Fsp3) is 0.143. The van der Waals surface area contributed by atoms with Gasteiger partial charge < -0.3 is 15.8 Å². The molecular weight excluding hydrogens is 272 g/mol. The number of anilines is 3. The van der Waals surface area contributed by atoms with E-state index in [9.17, 15) is 0 Å². The second kappa shape index (κ2) is 5.44. The molecule has 0 radical (unpaired) electrons. The summed E-state index contributed by atoms with van der Waals surface area (Å²) in [5, 5.41) is 6.27. The summed E-state index contributed by atoms with van der Waals surface area (Å²) in [6.45, 7) is 0.538. The zero-order chi connectivity index (χ0) is 13.9. The number of methoxy groups -OCH3 is 1. The molecule has 0 aliphatic heterocycles. The minimum Gasteiger partial charge on any atom is -0.380 e. The summed E-state index contributed by atoms with van der Waals surface area (Å²) in [6, 6.07) is 9.94. The number of fused-ring (bicyclic) bond motifs is 1. The Bertz CT molecular complexity index is 741. The van der Waals surface area contributed by atoms with Crippen molar-refractivity contribution >= 4 is 39.0 Å². The maximum absolute atomic E-state index is 5.75. The normalized spacial score (nSPS) is 10.8. The van der Waals surface area contributed by atoms with Crippen molar-refractivity contribution in [3.8, 4) is 0 Å². The number of rotatable bonds is 4. The van der Waals surface area contributed by atoms with E-state index in [1.807, 2.05) is 35.7 Å². The molecule has 20 heavy (non-hydrogen) atoms. The van der Waals surface area contributed by atoms with Gasteiger partial charge in [-0.1, -0.05) is 18.2 Å². The Balaban J connectivity index is 2.03. The molecule has 2 aromatic heterocycles. The fourth-order valence-electron chi connectivity index (χ4n) is 2.02. The summed E-state index contributed by atoms with van der Waals surface area (Å²) >= 11 is 1.54. The quantitative estimate of drug-likeness (QED) is 0.770. The fourth-order valence-corrected chi connectivity index (χ4v) is 2.79. The standard InChI is InChI=1S/C14H14N4OS/c1-19-8-9-4-2-3-5-11(9)16-12-10-6-7-20-13(10)18-14(15)17-12/h2-7H,8H2,1H3,(H3,15,16,17,18). The van der Waals surface area contributed by atoms with Crippen LogP contribution >= 0.6 is 11.3 Å². The number of nitrogens with two attached hydrogens (primary N) is 1. The van der Waals surface area contributed by atoms with Crippen molar-refractivity contribution in [3.05, 3.63) is 41.3 Å². The molecule has 5 nitrogen and oxygen atoms in total. The van der Waals surface area contributed by atoms with Gasteiger partial charge in [-0.05, 0) is 17.5 Å². The summed E-state index contributed by atoms with van der Waals surface area (Å²) in [5.74, 6) is 0.990. The molecule has 0 amide bonds. The molecule has 0 unspecified atom stereocenters. The molecule has 1 aromatic carbocycles. The number of thiophene rings is 1. The van der Waals surface area contributed by atoms with Crippen LogP contribution in [0.2, 0.25) is 0 Å². The third-order valence-corrected chi connectivity index (χ3v) is 3.72. The van der Waals surface area contributed by atoms with Crippen LogP contribution in [0, 0.1) is 0 Å². The predicted octanol–water partition coefficient (Wildman–Crippen LogP) is 3.16. The van der Waals surface area contributed by atoms with Crippen LogP contribution < -0.4 is 11.1 Å². The third kappa shape index (κ3) is 2.43. The molecule has 0 aliphatic carbocycles. The van der Waals surface area contributed by atoms with Gasteiger partial charge >= 0.3 is 0 Å². The highest BCUT2D eigenvalue weighted by Gasteiger charge is 2.09. The highest BCUT2D eigenvalue weighted by Crippen LogP contribution is 2.29. The largest absolute Gasteiger partial charge is 0.380 e. The van der Waals surface area contributed by atoms with Gasteiger partial charge in [-0.3, -0.25) is 0 Å². The van der Waals surface area contributed by atoms with E-state index in [0.29, 0.717) is 6.61 Å². The Hall–Kier alpha value is -2.18. The number of nitrogen functional groups attached to an aromatic ring is 1. The van der Waals surface area contributed by atoms with Crippen LogP contribution in [0.15, 0.2) is 35.7 Å². The van der Waals surface area contributed by atoms with Gasteiger partial charge in [-0.15, -0.1) is 11.3 Å². The Morgan fingerprint density at radius 2 is 2.10 bits per heavy atom. The number of nitrogens with one attached hydrogen (secondary N) is 1. The van der Waals surface area contributed by atoms with Crippen molar-refractivity contribution in [2.45, 2.75) is 6.61 Å². The molecule has 0 aliphatic rings. The van der Waals surface area contributed by atoms with E-state index in [1.54, 1.807) is 18.4 Å². The van der Waals surface area contributed by atoms with E-state index in [1.165, 1.54) is 0 Å². The van der Waals surface area contributed by atoms with E-state index in [0.717, 1.165) is 27.3 Å². The number of ether oxygens (including phenoxy) is 1. The monoisotopic (exact) mass is 286 g/mol. The van der Waals surface area contributed by atoms with Crippen molar-refractivity contribution in [1.29, 1.82) is 0 Å². The molecular formula is C14H14N4OS. The lowest BCUT2D eigenvalue weighted by Crippen LogP contribution is -2.02. The number of nitrogens with zero attached hydrogens (tertiary/aromatic N) is 2. The van der Waals surface area contributed by atoms with E-state index >= 15 is 0 Å². The van der Waals surface area contributed by atoms with Gasteiger partial charge in [0, 0.05) is 18.4 Å². The smallest absolute Gasteiger partial charge is 0.223 e. The topological polar surface area (TPSA) is 73.1 Å². The summed E-state index contributed by atoms with van der Waals surface area (Å²) in [4.78, 5) is 9.39. The van der Waals surface area contributed by atoms with Crippen molar-refractivity contribution in [2.75, 3.05) is 18.2 Å². The zero-order valence-corrected chi connectivity index (χ0v) is 11.8. The second-order valence-corrected chi connectivity index (χ2v) is 5.18. The average molecular weight is 286 g/mol. The van der Waals surface area contributed by atoms with Crippen LogP contribution in [0.4, 0.5) is 17.5 Å². The third-order valence-electron chi connectivity index (χ3n) is 2.91. The van der Waals surface area contributed by atoms with Gasteiger partial charge in [0.15, 0.2) is 0 Å². The van der Waals surface area contributed by atoms with E-state index in [-0.39, 0.29) is 5.95 Å². The summed E-state index contributed by atoms with van der Waals surface area (Å²) in [6.07, 6.45) is 0. The zero-order valence-electron chi connectivity index (χ0n) is 11.0. The summed E-state index contributed by atoms with van der Waals surface area (Å²) in [7, 11) is 1.68. The van der Waals surface area contributed by atoms with Gasteiger partial charge in [0.25, 0.3) is 0 Å². The highest BCUT2D eigenvalue weighted by atomic mass is 32.1. The Kier molecular flexibility index (Phi) is 3.49. The number of hydrogen-bond acceptors (Lipinski definition) is 6. The lowest BCUT2D eigenvalue weighted by molar-refractivity contribution is 0.185. The summed E-state index contributed by atoms with van der Waals surface area (Å²) in [5.41, 5.74) is 7.78.